The van der Waals surface area contributed by atoms with Crippen molar-refractivity contribution in [1.82, 2.24) is 4.98 Å². The second-order valence-corrected chi connectivity index (χ2v) is 3.31. The van der Waals surface area contributed by atoms with E-state index in [1.807, 2.05) is 0 Å². The molecule has 18 heavy (non-hydrogen) atoms. The first-order valence-corrected chi connectivity index (χ1v) is 4.65. The third-order valence-corrected chi connectivity index (χ3v) is 2.11. The van der Waals surface area contributed by atoms with E-state index in [-0.39, 0.29) is 12.0 Å². The molecule has 1 rings (SSSR count). The highest BCUT2D eigenvalue weighted by Gasteiger charge is 2.33. The second kappa shape index (κ2) is 5.16. The summed E-state index contributed by atoms with van der Waals surface area (Å²) in [6, 6.07) is 1.64. The van der Waals surface area contributed by atoms with Crippen LogP contribution in [0.3, 0.4) is 0 Å². The maximum atomic E-state index is 12.8. The van der Waals surface area contributed by atoms with Gasteiger partial charge < -0.3 is 4.74 Å². The van der Waals surface area contributed by atoms with Crippen LogP contribution in [0.2, 0.25) is 0 Å². The van der Waals surface area contributed by atoms with Crippen molar-refractivity contribution < 1.29 is 26.7 Å². The van der Waals surface area contributed by atoms with E-state index in [4.69, 9.17) is 5.26 Å². The van der Waals surface area contributed by atoms with E-state index >= 15 is 0 Å². The molecule has 0 atom stereocenters. The van der Waals surface area contributed by atoms with Gasteiger partial charge in [0.15, 0.2) is 0 Å². The van der Waals surface area contributed by atoms with Crippen LogP contribution in [-0.2, 0) is 6.42 Å². The molecular formula is C10H7F5N2O. The van der Waals surface area contributed by atoms with Crippen molar-refractivity contribution in [3.63, 3.8) is 0 Å². The average Bonchev–Trinajstić information content (AvgIpc) is 2.20. The Bertz CT molecular complexity index is 478. The van der Waals surface area contributed by atoms with Gasteiger partial charge in [0.2, 0.25) is 5.88 Å². The Morgan fingerprint density at radius 3 is 2.50 bits per heavy atom. The molecule has 0 unspecified atom stereocenters. The molecule has 0 fully saturated rings. The maximum absolute atomic E-state index is 12.8. The first-order chi connectivity index (χ1) is 8.26. The van der Waals surface area contributed by atoms with E-state index in [9.17, 15) is 22.0 Å². The van der Waals surface area contributed by atoms with Crippen molar-refractivity contribution in [2.45, 2.75) is 26.1 Å². The predicted molar refractivity (Wildman–Crippen MR) is 49.9 cm³/mol. The molecule has 0 saturated heterocycles. The van der Waals surface area contributed by atoms with Crippen LogP contribution in [0, 0.1) is 18.3 Å². The summed E-state index contributed by atoms with van der Waals surface area (Å²) in [6.07, 6.45) is -7.58. The highest BCUT2D eigenvalue weighted by Crippen LogP contribution is 2.33. The highest BCUT2D eigenvalue weighted by atomic mass is 19.4. The average molecular weight is 266 g/mol. The number of hydrogen-bond donors (Lipinski definition) is 0. The molecule has 0 aliphatic carbocycles. The highest BCUT2D eigenvalue weighted by molar-refractivity contribution is 5.41. The Balaban J connectivity index is 3.27. The van der Waals surface area contributed by atoms with Crippen LogP contribution in [0.25, 0.3) is 0 Å². The van der Waals surface area contributed by atoms with Crippen molar-refractivity contribution >= 4 is 0 Å². The Hall–Kier alpha value is -1.91. The van der Waals surface area contributed by atoms with Crippen LogP contribution in [-0.4, -0.2) is 11.3 Å². The standard InChI is InChI=1S/C10H7F5N2O/c1-5-7(8(11)12)6(2-3-16)4-17-9(5)18-10(13,14)15/h4,8H,2H2,1H3. The van der Waals surface area contributed by atoms with Gasteiger partial charge in [-0.25, -0.2) is 13.8 Å². The summed E-state index contributed by atoms with van der Waals surface area (Å²) in [5.41, 5.74) is -1.18. The molecule has 0 aliphatic heterocycles. The third kappa shape index (κ3) is 3.29. The molecule has 1 aromatic rings. The number of pyridine rings is 1. The Morgan fingerprint density at radius 2 is 2.06 bits per heavy atom. The van der Waals surface area contributed by atoms with Crippen LogP contribution in [0.4, 0.5) is 22.0 Å². The lowest BCUT2D eigenvalue weighted by atomic mass is 10.0. The van der Waals surface area contributed by atoms with Gasteiger partial charge in [-0.1, -0.05) is 0 Å². The van der Waals surface area contributed by atoms with Gasteiger partial charge in [-0.3, -0.25) is 0 Å². The van der Waals surface area contributed by atoms with Crippen molar-refractivity contribution in [3.8, 4) is 11.9 Å². The van der Waals surface area contributed by atoms with E-state index in [0.717, 1.165) is 13.1 Å². The number of hydrogen-bond acceptors (Lipinski definition) is 3. The molecule has 0 aromatic carbocycles. The van der Waals surface area contributed by atoms with E-state index < -0.39 is 29.8 Å². The topological polar surface area (TPSA) is 45.9 Å². The number of aromatic nitrogens is 1. The summed E-state index contributed by atoms with van der Waals surface area (Å²) in [6.45, 7) is 1.04. The summed E-state index contributed by atoms with van der Waals surface area (Å²) in [7, 11) is 0. The zero-order chi connectivity index (χ0) is 13.9. The molecule has 0 spiro atoms. The zero-order valence-corrected chi connectivity index (χ0v) is 9.05. The first kappa shape index (κ1) is 14.2. The summed E-state index contributed by atoms with van der Waals surface area (Å²) in [5, 5.41) is 8.44. The third-order valence-electron chi connectivity index (χ3n) is 2.11. The molecule has 3 nitrogen and oxygen atoms in total. The van der Waals surface area contributed by atoms with Gasteiger partial charge in [-0.05, 0) is 12.5 Å². The number of alkyl halides is 5. The molecule has 0 radical (unpaired) electrons. The minimum Gasteiger partial charge on any atom is -0.388 e. The van der Waals surface area contributed by atoms with E-state index in [1.54, 1.807) is 6.07 Å². The molecule has 98 valence electrons. The lowest BCUT2D eigenvalue weighted by molar-refractivity contribution is -0.276. The van der Waals surface area contributed by atoms with Gasteiger partial charge in [-0.15, -0.1) is 13.2 Å². The Morgan fingerprint density at radius 1 is 1.44 bits per heavy atom. The molecular weight excluding hydrogens is 259 g/mol. The van der Waals surface area contributed by atoms with Gasteiger partial charge in [0, 0.05) is 17.3 Å². The van der Waals surface area contributed by atoms with Crippen molar-refractivity contribution in [3.05, 3.63) is 22.9 Å². The quantitative estimate of drug-likeness (QED) is 0.788. The van der Waals surface area contributed by atoms with E-state index in [2.05, 4.69) is 9.72 Å². The molecule has 0 N–H and O–H groups in total. The summed E-state index contributed by atoms with van der Waals surface area (Å²) in [4.78, 5) is 3.30. The minimum atomic E-state index is -5.01. The Labute approximate surface area is 98.8 Å². The smallest absolute Gasteiger partial charge is 0.388 e. The van der Waals surface area contributed by atoms with Crippen LogP contribution in [0.15, 0.2) is 6.20 Å². The largest absolute Gasteiger partial charge is 0.574 e. The monoisotopic (exact) mass is 266 g/mol. The number of halogens is 5. The molecule has 0 aliphatic rings. The van der Waals surface area contributed by atoms with Gasteiger partial charge in [0.05, 0.1) is 12.5 Å². The minimum absolute atomic E-state index is 0.112. The van der Waals surface area contributed by atoms with Crippen LogP contribution in [0.1, 0.15) is 23.1 Å². The van der Waals surface area contributed by atoms with Gasteiger partial charge in [0.1, 0.15) is 0 Å². The first-order valence-electron chi connectivity index (χ1n) is 4.65. The lowest BCUT2D eigenvalue weighted by Crippen LogP contribution is -2.19. The number of nitrogens with zero attached hydrogens (tertiary/aromatic N) is 2. The fraction of sp³-hybridized carbons (Fsp3) is 0.400. The molecule has 8 heteroatoms. The van der Waals surface area contributed by atoms with E-state index in [1.165, 1.54) is 0 Å². The maximum Gasteiger partial charge on any atom is 0.574 e. The molecule has 1 aromatic heterocycles. The lowest BCUT2D eigenvalue weighted by Gasteiger charge is -2.15. The SMILES string of the molecule is Cc1c(OC(F)(F)F)ncc(CC#N)c1C(F)F. The summed E-state index contributed by atoms with van der Waals surface area (Å²) < 4.78 is 65.0. The van der Waals surface area contributed by atoms with Crippen LogP contribution < -0.4 is 4.74 Å². The van der Waals surface area contributed by atoms with Gasteiger partial charge >= 0.3 is 6.36 Å². The van der Waals surface area contributed by atoms with Crippen LogP contribution in [0.5, 0.6) is 5.88 Å². The van der Waals surface area contributed by atoms with Gasteiger partial charge in [-0.2, -0.15) is 5.26 Å². The normalized spacial score (nSPS) is 11.4. The van der Waals surface area contributed by atoms with Gasteiger partial charge in [0.25, 0.3) is 6.43 Å². The summed E-state index contributed by atoms with van der Waals surface area (Å²) in [5.74, 6) is -0.931. The zero-order valence-electron chi connectivity index (χ0n) is 9.05. The van der Waals surface area contributed by atoms with Crippen molar-refractivity contribution in [2.24, 2.45) is 0 Å². The second-order valence-electron chi connectivity index (χ2n) is 3.31. The molecule has 0 bridgehead atoms. The van der Waals surface area contributed by atoms with Crippen molar-refractivity contribution in [1.29, 1.82) is 5.26 Å². The fourth-order valence-corrected chi connectivity index (χ4v) is 1.40. The predicted octanol–water partition coefficient (Wildman–Crippen LogP) is 3.29. The number of rotatable bonds is 3. The molecule has 0 saturated carbocycles. The van der Waals surface area contributed by atoms with Crippen LogP contribution >= 0.6 is 0 Å². The van der Waals surface area contributed by atoms with Crippen molar-refractivity contribution in [2.75, 3.05) is 0 Å². The fourth-order valence-electron chi connectivity index (χ4n) is 1.40. The van der Waals surface area contributed by atoms with E-state index in [0.29, 0.717) is 0 Å². The Kier molecular flexibility index (Phi) is 4.06. The molecule has 1 heterocycles. The number of nitriles is 1. The summed E-state index contributed by atoms with van der Waals surface area (Å²) >= 11 is 0. The number of ether oxygens (including phenoxy) is 1. The molecule has 0 amide bonds.